The van der Waals surface area contributed by atoms with Crippen LogP contribution in [0.1, 0.15) is 6.92 Å². The van der Waals surface area contributed by atoms with Crippen LogP contribution in [0.25, 0.3) is 21.8 Å². The van der Waals surface area contributed by atoms with Crippen LogP contribution in [0.3, 0.4) is 0 Å². The van der Waals surface area contributed by atoms with E-state index in [2.05, 4.69) is 0 Å². The summed E-state index contributed by atoms with van der Waals surface area (Å²) in [5.41, 5.74) is 1.37. The lowest BCUT2D eigenvalue weighted by atomic mass is 10.1. The highest BCUT2D eigenvalue weighted by molar-refractivity contribution is 5.94. The van der Waals surface area contributed by atoms with E-state index in [4.69, 9.17) is 9.47 Å². The molecule has 5 nitrogen and oxygen atoms in total. The van der Waals surface area contributed by atoms with Crippen molar-refractivity contribution in [2.45, 2.75) is 13.5 Å². The lowest BCUT2D eigenvalue weighted by Crippen LogP contribution is -2.19. The SMILES string of the molecule is CCOc1ccc(OC(=O)Cn2c3ccccc3c(=O)c3ccccc32)cc1. The number of benzene rings is 3. The number of fused-ring (bicyclic) bond motifs is 2. The Morgan fingerprint density at radius 1 is 0.821 bits per heavy atom. The highest BCUT2D eigenvalue weighted by Crippen LogP contribution is 2.21. The fraction of sp³-hybridized carbons (Fsp3) is 0.130. The van der Waals surface area contributed by atoms with Crippen molar-refractivity contribution < 1.29 is 14.3 Å². The average molecular weight is 373 g/mol. The number of carbonyl (C=O) groups is 1. The minimum atomic E-state index is -0.414. The lowest BCUT2D eigenvalue weighted by Gasteiger charge is -2.14. The largest absolute Gasteiger partial charge is 0.494 e. The van der Waals surface area contributed by atoms with E-state index in [0.717, 1.165) is 5.75 Å². The Morgan fingerprint density at radius 3 is 1.93 bits per heavy atom. The zero-order valence-corrected chi connectivity index (χ0v) is 15.4. The summed E-state index contributed by atoms with van der Waals surface area (Å²) in [6.45, 7) is 2.48. The molecule has 0 aliphatic carbocycles. The zero-order valence-electron chi connectivity index (χ0n) is 15.4. The van der Waals surface area contributed by atoms with E-state index in [1.807, 2.05) is 47.9 Å². The van der Waals surface area contributed by atoms with E-state index in [-0.39, 0.29) is 12.0 Å². The molecule has 0 spiro atoms. The van der Waals surface area contributed by atoms with Crippen LogP contribution in [0.2, 0.25) is 0 Å². The third-order valence-electron chi connectivity index (χ3n) is 4.53. The zero-order chi connectivity index (χ0) is 19.5. The molecule has 0 N–H and O–H groups in total. The van der Waals surface area contributed by atoms with Gasteiger partial charge in [-0.3, -0.25) is 4.79 Å². The second-order valence-electron chi connectivity index (χ2n) is 6.33. The van der Waals surface area contributed by atoms with Crippen molar-refractivity contribution in [3.05, 3.63) is 83.0 Å². The van der Waals surface area contributed by atoms with Crippen LogP contribution in [0.5, 0.6) is 11.5 Å². The minimum Gasteiger partial charge on any atom is -0.494 e. The Bertz CT molecular complexity index is 1150. The normalized spacial score (nSPS) is 10.9. The van der Waals surface area contributed by atoms with E-state index in [1.165, 1.54) is 0 Å². The molecule has 0 fully saturated rings. The number of aromatic nitrogens is 1. The van der Waals surface area contributed by atoms with Gasteiger partial charge in [-0.15, -0.1) is 0 Å². The van der Waals surface area contributed by atoms with Gasteiger partial charge in [0, 0.05) is 10.8 Å². The predicted molar refractivity (Wildman–Crippen MR) is 109 cm³/mol. The maximum atomic E-state index is 12.8. The molecule has 1 aromatic heterocycles. The van der Waals surface area contributed by atoms with E-state index < -0.39 is 5.97 Å². The maximum Gasteiger partial charge on any atom is 0.331 e. The highest BCUT2D eigenvalue weighted by atomic mass is 16.5. The molecule has 140 valence electrons. The summed E-state index contributed by atoms with van der Waals surface area (Å²) in [4.78, 5) is 25.4. The number of ether oxygens (including phenoxy) is 2. The number of hydrogen-bond donors (Lipinski definition) is 0. The van der Waals surface area contributed by atoms with Crippen molar-refractivity contribution in [3.63, 3.8) is 0 Å². The standard InChI is InChI=1S/C23H19NO4/c1-2-27-16-11-13-17(14-12-16)28-22(25)15-24-20-9-5-3-7-18(20)23(26)19-8-4-6-10-21(19)24/h3-14H,2,15H2,1H3. The van der Waals surface area contributed by atoms with Crippen molar-refractivity contribution in [1.82, 2.24) is 4.57 Å². The van der Waals surface area contributed by atoms with Crippen LogP contribution >= 0.6 is 0 Å². The maximum absolute atomic E-state index is 12.8. The summed E-state index contributed by atoms with van der Waals surface area (Å²) in [6, 6.07) is 21.5. The van der Waals surface area contributed by atoms with Gasteiger partial charge < -0.3 is 14.0 Å². The fourth-order valence-electron chi connectivity index (χ4n) is 3.31. The van der Waals surface area contributed by atoms with E-state index in [0.29, 0.717) is 34.2 Å². The quantitative estimate of drug-likeness (QED) is 0.299. The first-order chi connectivity index (χ1) is 13.7. The topological polar surface area (TPSA) is 57.5 Å². The Labute approximate surface area is 161 Å². The average Bonchev–Trinajstić information content (AvgIpc) is 2.73. The van der Waals surface area contributed by atoms with Gasteiger partial charge in [-0.05, 0) is 55.5 Å². The fourth-order valence-corrected chi connectivity index (χ4v) is 3.31. The summed E-state index contributed by atoms with van der Waals surface area (Å²) < 4.78 is 12.7. The van der Waals surface area contributed by atoms with Crippen LogP contribution in [-0.4, -0.2) is 17.1 Å². The van der Waals surface area contributed by atoms with Gasteiger partial charge in [0.05, 0.1) is 17.6 Å². The minimum absolute atomic E-state index is 0.00544. The first-order valence-corrected chi connectivity index (χ1v) is 9.11. The van der Waals surface area contributed by atoms with E-state index >= 15 is 0 Å². The molecule has 5 heteroatoms. The van der Waals surface area contributed by atoms with Gasteiger partial charge in [-0.2, -0.15) is 0 Å². The van der Waals surface area contributed by atoms with Crippen LogP contribution in [0, 0.1) is 0 Å². The molecule has 0 unspecified atom stereocenters. The van der Waals surface area contributed by atoms with Gasteiger partial charge in [0.2, 0.25) is 0 Å². The Balaban J connectivity index is 1.69. The molecule has 0 atom stereocenters. The van der Waals surface area contributed by atoms with E-state index in [1.54, 1.807) is 36.4 Å². The lowest BCUT2D eigenvalue weighted by molar-refractivity contribution is -0.134. The Kier molecular flexibility index (Phi) is 4.81. The highest BCUT2D eigenvalue weighted by Gasteiger charge is 2.14. The number of para-hydroxylation sites is 2. The molecule has 3 aromatic carbocycles. The van der Waals surface area contributed by atoms with Crippen molar-refractivity contribution in [2.75, 3.05) is 6.61 Å². The summed E-state index contributed by atoms with van der Waals surface area (Å²) in [6.07, 6.45) is 0. The van der Waals surface area contributed by atoms with Crippen LogP contribution < -0.4 is 14.9 Å². The molecule has 0 saturated heterocycles. The number of pyridine rings is 1. The molecule has 28 heavy (non-hydrogen) atoms. The number of nitrogens with zero attached hydrogens (tertiary/aromatic N) is 1. The van der Waals surface area contributed by atoms with Gasteiger partial charge in [-0.1, -0.05) is 24.3 Å². The molecule has 0 amide bonds. The van der Waals surface area contributed by atoms with Gasteiger partial charge in [0.25, 0.3) is 0 Å². The van der Waals surface area contributed by atoms with Crippen molar-refractivity contribution >= 4 is 27.8 Å². The Hall–Kier alpha value is -3.60. The van der Waals surface area contributed by atoms with Crippen LogP contribution in [0.15, 0.2) is 77.6 Å². The number of esters is 1. The first kappa shape index (κ1) is 17.8. The van der Waals surface area contributed by atoms with E-state index in [9.17, 15) is 9.59 Å². The molecule has 0 aliphatic heterocycles. The number of carbonyl (C=O) groups excluding carboxylic acids is 1. The summed E-state index contributed by atoms with van der Waals surface area (Å²) in [5.74, 6) is 0.755. The van der Waals surface area contributed by atoms with Crippen molar-refractivity contribution in [3.8, 4) is 11.5 Å². The number of rotatable bonds is 5. The molecular weight excluding hydrogens is 354 g/mol. The molecule has 0 radical (unpaired) electrons. The molecular formula is C23H19NO4. The molecule has 4 aromatic rings. The molecule has 0 bridgehead atoms. The van der Waals surface area contributed by atoms with Gasteiger partial charge in [-0.25, -0.2) is 4.79 Å². The Morgan fingerprint density at radius 2 is 1.36 bits per heavy atom. The number of hydrogen-bond acceptors (Lipinski definition) is 4. The molecule has 1 heterocycles. The van der Waals surface area contributed by atoms with Crippen molar-refractivity contribution in [2.24, 2.45) is 0 Å². The van der Waals surface area contributed by atoms with Crippen LogP contribution in [-0.2, 0) is 11.3 Å². The summed E-state index contributed by atoms with van der Waals surface area (Å²) >= 11 is 0. The van der Waals surface area contributed by atoms with Crippen LogP contribution in [0.4, 0.5) is 0 Å². The second kappa shape index (κ2) is 7.56. The summed E-state index contributed by atoms with van der Waals surface area (Å²) in [5, 5.41) is 1.16. The third-order valence-corrected chi connectivity index (χ3v) is 4.53. The molecule has 0 saturated carbocycles. The third kappa shape index (κ3) is 3.34. The molecule has 0 aliphatic rings. The first-order valence-electron chi connectivity index (χ1n) is 9.11. The van der Waals surface area contributed by atoms with Gasteiger partial charge in [0.1, 0.15) is 18.0 Å². The smallest absolute Gasteiger partial charge is 0.331 e. The second-order valence-corrected chi connectivity index (χ2v) is 6.33. The summed E-state index contributed by atoms with van der Waals surface area (Å²) in [7, 11) is 0. The van der Waals surface area contributed by atoms with Gasteiger partial charge >= 0.3 is 5.97 Å². The monoisotopic (exact) mass is 373 g/mol. The predicted octanol–water partition coefficient (Wildman–Crippen LogP) is 4.16. The van der Waals surface area contributed by atoms with Crippen molar-refractivity contribution in [1.29, 1.82) is 0 Å². The molecule has 4 rings (SSSR count). The van der Waals surface area contributed by atoms with Gasteiger partial charge in [0.15, 0.2) is 5.43 Å².